The van der Waals surface area contributed by atoms with E-state index in [9.17, 15) is 9.59 Å². The molecule has 0 aliphatic heterocycles. The third-order valence-electron chi connectivity index (χ3n) is 4.03. The van der Waals surface area contributed by atoms with Gasteiger partial charge in [-0.15, -0.1) is 0 Å². The Morgan fingerprint density at radius 3 is 1.96 bits per heavy atom. The molecule has 0 N–H and O–H groups in total. The number of esters is 2. The standard InChI is InChI=1S/C19H36O4/c1-6-17(7-2)14-22-18(20)11-9-8-10-12-19(21)23-16(5)13-15(3)4/h15-17H,6-14H2,1-5H3. The lowest BCUT2D eigenvalue weighted by atomic mass is 10.1. The number of hydrogen-bond donors (Lipinski definition) is 0. The van der Waals surface area contributed by atoms with Crippen LogP contribution < -0.4 is 0 Å². The second kappa shape index (κ2) is 13.4. The van der Waals surface area contributed by atoms with Gasteiger partial charge in [0.15, 0.2) is 0 Å². The first-order valence-corrected chi connectivity index (χ1v) is 9.24. The summed E-state index contributed by atoms with van der Waals surface area (Å²) in [6.45, 7) is 10.9. The zero-order valence-electron chi connectivity index (χ0n) is 15.7. The van der Waals surface area contributed by atoms with Gasteiger partial charge in [-0.25, -0.2) is 0 Å². The lowest BCUT2D eigenvalue weighted by Gasteiger charge is -2.15. The van der Waals surface area contributed by atoms with Crippen molar-refractivity contribution in [1.82, 2.24) is 0 Å². The fraction of sp³-hybridized carbons (Fsp3) is 0.895. The Hall–Kier alpha value is -1.06. The van der Waals surface area contributed by atoms with Gasteiger partial charge in [0.05, 0.1) is 12.7 Å². The maximum absolute atomic E-state index is 11.7. The zero-order valence-corrected chi connectivity index (χ0v) is 15.7. The lowest BCUT2D eigenvalue weighted by molar-refractivity contribution is -0.149. The maximum atomic E-state index is 11.7. The molecule has 0 aromatic carbocycles. The predicted molar refractivity (Wildman–Crippen MR) is 93.1 cm³/mol. The Labute approximate surface area is 142 Å². The van der Waals surface area contributed by atoms with Crippen molar-refractivity contribution in [2.75, 3.05) is 6.61 Å². The molecule has 0 aliphatic rings. The minimum absolute atomic E-state index is 0.0115. The summed E-state index contributed by atoms with van der Waals surface area (Å²) in [4.78, 5) is 23.3. The average molecular weight is 328 g/mol. The number of unbranched alkanes of at least 4 members (excludes halogenated alkanes) is 2. The molecule has 4 nitrogen and oxygen atoms in total. The maximum Gasteiger partial charge on any atom is 0.306 e. The Bertz CT molecular complexity index is 321. The fourth-order valence-corrected chi connectivity index (χ4v) is 2.52. The molecule has 0 saturated heterocycles. The van der Waals surface area contributed by atoms with Crippen molar-refractivity contribution in [3.05, 3.63) is 0 Å². The van der Waals surface area contributed by atoms with Crippen molar-refractivity contribution in [2.45, 2.75) is 92.1 Å². The second-order valence-electron chi connectivity index (χ2n) is 6.86. The molecule has 0 aliphatic carbocycles. The number of ether oxygens (including phenoxy) is 2. The van der Waals surface area contributed by atoms with Crippen molar-refractivity contribution in [2.24, 2.45) is 11.8 Å². The van der Waals surface area contributed by atoms with E-state index in [0.717, 1.165) is 38.5 Å². The first-order valence-electron chi connectivity index (χ1n) is 9.24. The normalized spacial score (nSPS) is 12.5. The molecule has 0 fully saturated rings. The first-order chi connectivity index (χ1) is 10.9. The highest BCUT2D eigenvalue weighted by atomic mass is 16.5. The molecule has 1 unspecified atom stereocenters. The van der Waals surface area contributed by atoms with E-state index in [4.69, 9.17) is 9.47 Å². The van der Waals surface area contributed by atoms with E-state index in [2.05, 4.69) is 27.7 Å². The van der Waals surface area contributed by atoms with Crippen molar-refractivity contribution in [3.63, 3.8) is 0 Å². The average Bonchev–Trinajstić information content (AvgIpc) is 2.46. The van der Waals surface area contributed by atoms with Crippen LogP contribution in [0.3, 0.4) is 0 Å². The molecule has 136 valence electrons. The smallest absolute Gasteiger partial charge is 0.306 e. The van der Waals surface area contributed by atoms with E-state index >= 15 is 0 Å². The molecule has 0 saturated carbocycles. The number of carbonyl (C=O) groups is 2. The molecular weight excluding hydrogens is 292 g/mol. The minimum Gasteiger partial charge on any atom is -0.465 e. The van der Waals surface area contributed by atoms with Crippen molar-refractivity contribution < 1.29 is 19.1 Å². The van der Waals surface area contributed by atoms with Crippen LogP contribution in [0, 0.1) is 11.8 Å². The number of hydrogen-bond acceptors (Lipinski definition) is 4. The quantitative estimate of drug-likeness (QED) is 0.356. The molecule has 1 atom stereocenters. The van der Waals surface area contributed by atoms with E-state index in [-0.39, 0.29) is 18.0 Å². The third-order valence-corrected chi connectivity index (χ3v) is 4.03. The zero-order chi connectivity index (χ0) is 17.7. The fourth-order valence-electron chi connectivity index (χ4n) is 2.52. The van der Waals surface area contributed by atoms with Crippen molar-refractivity contribution >= 4 is 11.9 Å². The first kappa shape index (κ1) is 21.9. The number of carbonyl (C=O) groups excluding carboxylic acids is 2. The molecule has 4 heteroatoms. The minimum atomic E-state index is -0.130. The SMILES string of the molecule is CCC(CC)COC(=O)CCCCCC(=O)OC(C)CC(C)C. The molecule has 0 rings (SSSR count). The van der Waals surface area contributed by atoms with Crippen molar-refractivity contribution in [1.29, 1.82) is 0 Å². The Kier molecular flexibility index (Phi) is 12.8. The third kappa shape index (κ3) is 13.1. The van der Waals surface area contributed by atoms with Crippen molar-refractivity contribution in [3.8, 4) is 0 Å². The van der Waals surface area contributed by atoms with Gasteiger partial charge in [-0.2, -0.15) is 0 Å². The van der Waals surface area contributed by atoms with Crippen LogP contribution in [0.4, 0.5) is 0 Å². The van der Waals surface area contributed by atoms with Gasteiger partial charge in [-0.05, 0) is 38.0 Å². The molecule has 0 aromatic heterocycles. The predicted octanol–water partition coefficient (Wildman–Crippen LogP) is 4.89. The summed E-state index contributed by atoms with van der Waals surface area (Å²) in [5, 5.41) is 0. The molecule has 0 aromatic rings. The van der Waals surface area contributed by atoms with E-state index in [1.165, 1.54) is 0 Å². The molecule has 0 radical (unpaired) electrons. The molecule has 0 amide bonds. The van der Waals surface area contributed by atoms with Gasteiger partial charge in [0.1, 0.15) is 0 Å². The molecular formula is C19H36O4. The largest absolute Gasteiger partial charge is 0.465 e. The second-order valence-corrected chi connectivity index (χ2v) is 6.86. The van der Waals surface area contributed by atoms with Crippen LogP contribution in [-0.2, 0) is 19.1 Å². The van der Waals surface area contributed by atoms with E-state index < -0.39 is 0 Å². The van der Waals surface area contributed by atoms with Crippen LogP contribution >= 0.6 is 0 Å². The van der Waals surface area contributed by atoms with Gasteiger partial charge in [0.25, 0.3) is 0 Å². The summed E-state index contributed by atoms with van der Waals surface area (Å²) >= 11 is 0. The van der Waals surface area contributed by atoms with Gasteiger partial charge < -0.3 is 9.47 Å². The van der Waals surface area contributed by atoms with Crippen LogP contribution in [-0.4, -0.2) is 24.6 Å². The summed E-state index contributed by atoms with van der Waals surface area (Å²) in [6, 6.07) is 0. The molecule has 0 spiro atoms. The van der Waals surface area contributed by atoms with Crippen LogP contribution in [0.1, 0.15) is 86.0 Å². The molecule has 23 heavy (non-hydrogen) atoms. The highest BCUT2D eigenvalue weighted by Crippen LogP contribution is 2.12. The highest BCUT2D eigenvalue weighted by Gasteiger charge is 2.11. The molecule has 0 bridgehead atoms. The van der Waals surface area contributed by atoms with Gasteiger partial charge in [0, 0.05) is 12.8 Å². The highest BCUT2D eigenvalue weighted by molar-refractivity contribution is 5.70. The Morgan fingerprint density at radius 1 is 0.870 bits per heavy atom. The molecule has 0 heterocycles. The van der Waals surface area contributed by atoms with Crippen LogP contribution in [0.5, 0.6) is 0 Å². The summed E-state index contributed by atoms with van der Waals surface area (Å²) in [6.07, 6.45) is 6.25. The van der Waals surface area contributed by atoms with Gasteiger partial charge in [-0.3, -0.25) is 9.59 Å². The summed E-state index contributed by atoms with van der Waals surface area (Å²) in [5.41, 5.74) is 0. The van der Waals surface area contributed by atoms with Crippen LogP contribution in [0.25, 0.3) is 0 Å². The van der Waals surface area contributed by atoms with Gasteiger partial charge >= 0.3 is 11.9 Å². The van der Waals surface area contributed by atoms with Crippen LogP contribution in [0.15, 0.2) is 0 Å². The summed E-state index contributed by atoms with van der Waals surface area (Å²) < 4.78 is 10.6. The van der Waals surface area contributed by atoms with Gasteiger partial charge in [0.2, 0.25) is 0 Å². The summed E-state index contributed by atoms with van der Waals surface area (Å²) in [7, 11) is 0. The van der Waals surface area contributed by atoms with E-state index in [1.54, 1.807) is 0 Å². The topological polar surface area (TPSA) is 52.6 Å². The van der Waals surface area contributed by atoms with Gasteiger partial charge in [-0.1, -0.05) is 47.0 Å². The number of rotatable bonds is 13. The van der Waals surface area contributed by atoms with Crippen LogP contribution in [0.2, 0.25) is 0 Å². The van der Waals surface area contributed by atoms with E-state index in [0.29, 0.717) is 31.3 Å². The lowest BCUT2D eigenvalue weighted by Crippen LogP contribution is -2.16. The monoisotopic (exact) mass is 328 g/mol. The Morgan fingerprint density at radius 2 is 1.43 bits per heavy atom. The van der Waals surface area contributed by atoms with E-state index in [1.807, 2.05) is 6.92 Å². The summed E-state index contributed by atoms with van der Waals surface area (Å²) in [5.74, 6) is 0.755. The Balaban J connectivity index is 3.61.